The zero-order chi connectivity index (χ0) is 17.8. The summed E-state index contributed by atoms with van der Waals surface area (Å²) in [5, 5.41) is 10.1. The van der Waals surface area contributed by atoms with Crippen molar-refractivity contribution in [1.82, 2.24) is 10.2 Å². The number of esters is 1. The first-order valence-electron chi connectivity index (χ1n) is 8.19. The van der Waals surface area contributed by atoms with Crippen molar-refractivity contribution in [2.24, 2.45) is 5.92 Å². The molecule has 1 aromatic carbocycles. The molecule has 0 saturated heterocycles. The van der Waals surface area contributed by atoms with Crippen LogP contribution in [0.4, 0.5) is 0 Å². The highest BCUT2D eigenvalue weighted by Gasteiger charge is 2.28. The number of aromatic nitrogens is 2. The van der Waals surface area contributed by atoms with E-state index in [1.807, 2.05) is 6.92 Å². The second kappa shape index (κ2) is 8.43. The molecule has 1 aliphatic rings. The Labute approximate surface area is 160 Å². The van der Waals surface area contributed by atoms with Gasteiger partial charge in [-0.2, -0.15) is 0 Å². The molecule has 0 unspecified atom stereocenters. The van der Waals surface area contributed by atoms with Gasteiger partial charge in [0.1, 0.15) is 0 Å². The fourth-order valence-corrected chi connectivity index (χ4v) is 4.35. The number of ether oxygens (including phenoxy) is 1. The lowest BCUT2D eigenvalue weighted by molar-refractivity contribution is -0.149. The largest absolute Gasteiger partial charge is 0.466 e. The lowest BCUT2D eigenvalue weighted by Gasteiger charge is -2.25. The quantitative estimate of drug-likeness (QED) is 0.637. The van der Waals surface area contributed by atoms with Crippen LogP contribution in [0.1, 0.15) is 32.6 Å². The SMILES string of the molecule is CCOC(=O)C1CCC(Sc2nnc(-c3ccc(Cl)cc3Cl)o2)CC1. The standard InChI is InChI=1S/C17H18Cl2N2O3S/c1-2-23-16(22)10-3-6-12(7-4-10)25-17-21-20-15(24-17)13-8-5-11(18)9-14(13)19/h5,8-10,12H,2-4,6-7H2,1H3. The topological polar surface area (TPSA) is 65.2 Å². The average molecular weight is 401 g/mol. The Bertz CT molecular complexity index is 745. The van der Waals surface area contributed by atoms with Crippen LogP contribution in [0, 0.1) is 5.92 Å². The average Bonchev–Trinajstić information content (AvgIpc) is 3.04. The van der Waals surface area contributed by atoms with Crippen LogP contribution in [-0.2, 0) is 9.53 Å². The zero-order valence-corrected chi connectivity index (χ0v) is 16.0. The van der Waals surface area contributed by atoms with Crippen LogP contribution in [0.5, 0.6) is 0 Å². The third kappa shape index (κ3) is 4.68. The Morgan fingerprint density at radius 1 is 1.28 bits per heavy atom. The number of carbonyl (C=O) groups excluding carboxylic acids is 1. The molecule has 0 bridgehead atoms. The van der Waals surface area contributed by atoms with Gasteiger partial charge in [-0.1, -0.05) is 35.0 Å². The summed E-state index contributed by atoms with van der Waals surface area (Å²) in [4.78, 5) is 11.8. The minimum Gasteiger partial charge on any atom is -0.466 e. The molecule has 2 aromatic rings. The Morgan fingerprint density at radius 3 is 2.72 bits per heavy atom. The molecule has 1 aliphatic carbocycles. The normalized spacial score (nSPS) is 20.4. The maximum Gasteiger partial charge on any atom is 0.308 e. The minimum absolute atomic E-state index is 0.0166. The predicted molar refractivity (Wildman–Crippen MR) is 98.0 cm³/mol. The highest BCUT2D eigenvalue weighted by Crippen LogP contribution is 2.37. The second-order valence-electron chi connectivity index (χ2n) is 5.84. The summed E-state index contributed by atoms with van der Waals surface area (Å²) in [6.07, 6.45) is 3.52. The van der Waals surface area contributed by atoms with Crippen LogP contribution in [0.15, 0.2) is 27.8 Å². The molecule has 1 aromatic heterocycles. The maximum absolute atomic E-state index is 11.8. The molecule has 5 nitrogen and oxygen atoms in total. The number of thioether (sulfide) groups is 1. The van der Waals surface area contributed by atoms with Crippen LogP contribution in [0.2, 0.25) is 10.0 Å². The van der Waals surface area contributed by atoms with E-state index in [0.717, 1.165) is 25.7 Å². The molecule has 8 heteroatoms. The van der Waals surface area contributed by atoms with Gasteiger partial charge in [-0.3, -0.25) is 4.79 Å². The third-order valence-corrected chi connectivity index (χ3v) is 5.85. The first kappa shape index (κ1) is 18.5. The van der Waals surface area contributed by atoms with Crippen LogP contribution in [-0.4, -0.2) is 28.0 Å². The summed E-state index contributed by atoms with van der Waals surface area (Å²) >= 11 is 13.6. The summed E-state index contributed by atoms with van der Waals surface area (Å²) < 4.78 is 10.8. The van der Waals surface area contributed by atoms with Crippen LogP contribution < -0.4 is 0 Å². The smallest absolute Gasteiger partial charge is 0.308 e. The summed E-state index contributed by atoms with van der Waals surface area (Å²) in [6.45, 7) is 2.27. The van der Waals surface area contributed by atoms with Gasteiger partial charge in [0.25, 0.3) is 5.22 Å². The molecule has 0 N–H and O–H groups in total. The van der Waals surface area contributed by atoms with Gasteiger partial charge in [0.05, 0.1) is 23.1 Å². The van der Waals surface area contributed by atoms with E-state index in [4.69, 9.17) is 32.4 Å². The number of hydrogen-bond acceptors (Lipinski definition) is 6. The van der Waals surface area contributed by atoms with Crippen molar-refractivity contribution in [3.8, 4) is 11.5 Å². The van der Waals surface area contributed by atoms with Gasteiger partial charge in [-0.05, 0) is 50.8 Å². The van der Waals surface area contributed by atoms with Crippen molar-refractivity contribution < 1.29 is 13.9 Å². The van der Waals surface area contributed by atoms with E-state index in [0.29, 0.717) is 38.6 Å². The van der Waals surface area contributed by atoms with Gasteiger partial charge in [0.2, 0.25) is 5.89 Å². The monoisotopic (exact) mass is 400 g/mol. The number of carbonyl (C=O) groups is 1. The van der Waals surface area contributed by atoms with Crippen molar-refractivity contribution >= 4 is 40.9 Å². The molecule has 1 saturated carbocycles. The minimum atomic E-state index is -0.0802. The Hall–Kier alpha value is -1.24. The predicted octanol–water partition coefficient (Wildman–Crippen LogP) is 5.26. The van der Waals surface area contributed by atoms with Gasteiger partial charge in [0.15, 0.2) is 0 Å². The molecule has 134 valence electrons. The van der Waals surface area contributed by atoms with Crippen LogP contribution >= 0.6 is 35.0 Å². The number of nitrogens with zero attached hydrogens (tertiary/aromatic N) is 2. The summed E-state index contributed by atoms with van der Waals surface area (Å²) in [5.41, 5.74) is 0.663. The Balaban J connectivity index is 1.58. The molecule has 0 radical (unpaired) electrons. The van der Waals surface area contributed by atoms with Gasteiger partial charge in [-0.25, -0.2) is 0 Å². The highest BCUT2D eigenvalue weighted by molar-refractivity contribution is 7.99. The number of hydrogen-bond donors (Lipinski definition) is 0. The lowest BCUT2D eigenvalue weighted by atomic mass is 9.89. The fourth-order valence-electron chi connectivity index (χ4n) is 2.85. The van der Waals surface area contributed by atoms with Crippen molar-refractivity contribution in [3.05, 3.63) is 28.2 Å². The van der Waals surface area contributed by atoms with Gasteiger partial charge in [-0.15, -0.1) is 10.2 Å². The Morgan fingerprint density at radius 2 is 2.04 bits per heavy atom. The van der Waals surface area contributed by atoms with Crippen molar-refractivity contribution in [2.75, 3.05) is 6.61 Å². The molecule has 3 rings (SSSR count). The van der Waals surface area contributed by atoms with E-state index in [9.17, 15) is 4.79 Å². The zero-order valence-electron chi connectivity index (χ0n) is 13.7. The van der Waals surface area contributed by atoms with Crippen LogP contribution in [0.3, 0.4) is 0 Å². The van der Waals surface area contributed by atoms with Crippen LogP contribution in [0.25, 0.3) is 11.5 Å². The summed E-state index contributed by atoms with van der Waals surface area (Å²) in [6, 6.07) is 5.14. The number of rotatable bonds is 5. The lowest BCUT2D eigenvalue weighted by Crippen LogP contribution is -2.24. The molecule has 0 spiro atoms. The van der Waals surface area contributed by atoms with E-state index >= 15 is 0 Å². The molecule has 1 heterocycles. The number of benzene rings is 1. The molecule has 1 fully saturated rings. The van der Waals surface area contributed by atoms with Crippen molar-refractivity contribution in [2.45, 2.75) is 43.1 Å². The van der Waals surface area contributed by atoms with E-state index in [-0.39, 0.29) is 11.9 Å². The van der Waals surface area contributed by atoms with E-state index in [1.165, 1.54) is 0 Å². The van der Waals surface area contributed by atoms with E-state index < -0.39 is 0 Å². The molecule has 0 amide bonds. The van der Waals surface area contributed by atoms with E-state index in [2.05, 4.69) is 10.2 Å². The highest BCUT2D eigenvalue weighted by atomic mass is 35.5. The fraction of sp³-hybridized carbons (Fsp3) is 0.471. The molecule has 25 heavy (non-hydrogen) atoms. The maximum atomic E-state index is 11.8. The molecule has 0 aliphatic heterocycles. The molecular weight excluding hydrogens is 383 g/mol. The summed E-state index contributed by atoms with van der Waals surface area (Å²) in [7, 11) is 0. The first-order valence-corrected chi connectivity index (χ1v) is 9.82. The van der Waals surface area contributed by atoms with Gasteiger partial charge < -0.3 is 9.15 Å². The van der Waals surface area contributed by atoms with E-state index in [1.54, 1.807) is 30.0 Å². The Kier molecular flexibility index (Phi) is 6.25. The van der Waals surface area contributed by atoms with Gasteiger partial charge in [0, 0.05) is 10.3 Å². The summed E-state index contributed by atoms with van der Waals surface area (Å²) in [5.74, 6) is 0.315. The number of halogens is 2. The molecular formula is C17H18Cl2N2O3S. The molecule has 0 atom stereocenters. The van der Waals surface area contributed by atoms with Gasteiger partial charge >= 0.3 is 5.97 Å². The second-order valence-corrected chi connectivity index (χ2v) is 7.94. The third-order valence-electron chi connectivity index (χ3n) is 4.13. The van der Waals surface area contributed by atoms with Crippen molar-refractivity contribution in [1.29, 1.82) is 0 Å². The first-order chi connectivity index (χ1) is 12.1. The van der Waals surface area contributed by atoms with Crippen molar-refractivity contribution in [3.63, 3.8) is 0 Å².